The van der Waals surface area contributed by atoms with Crippen molar-refractivity contribution in [3.05, 3.63) is 59.9 Å². The summed E-state index contributed by atoms with van der Waals surface area (Å²) in [6.45, 7) is 2.05. The quantitative estimate of drug-likeness (QED) is 0.800. The van der Waals surface area contributed by atoms with E-state index in [1.807, 2.05) is 18.2 Å². The second-order valence-electron chi connectivity index (χ2n) is 4.81. The number of hydrogen-bond donors (Lipinski definition) is 2. The van der Waals surface area contributed by atoms with Crippen LogP contribution < -0.4 is 11.1 Å². The van der Waals surface area contributed by atoms with Gasteiger partial charge in [-0.05, 0) is 43.5 Å². The van der Waals surface area contributed by atoms with Crippen LogP contribution in [-0.2, 0) is 6.42 Å². The first-order valence-corrected chi connectivity index (χ1v) is 6.50. The fraction of sp³-hybridized carbons (Fsp3) is 0.250. The Morgan fingerprint density at radius 2 is 1.89 bits per heavy atom. The maximum Gasteiger partial charge on any atom is 0.148 e. The van der Waals surface area contributed by atoms with Crippen molar-refractivity contribution in [2.24, 2.45) is 0 Å². The highest BCUT2D eigenvalue weighted by Crippen LogP contribution is 2.18. The van der Waals surface area contributed by atoms with Crippen LogP contribution >= 0.6 is 0 Å². The van der Waals surface area contributed by atoms with Crippen LogP contribution in [0.25, 0.3) is 0 Å². The number of aryl methyl sites for hydroxylation is 1. The second kappa shape index (κ2) is 6.23. The van der Waals surface area contributed by atoms with Crippen molar-refractivity contribution < 1.29 is 4.39 Å². The summed E-state index contributed by atoms with van der Waals surface area (Å²) >= 11 is 0. The molecular weight excluding hydrogens is 239 g/mol. The average Bonchev–Trinajstić information content (AvgIpc) is 2.41. The van der Waals surface area contributed by atoms with Gasteiger partial charge in [0, 0.05) is 11.7 Å². The number of nitrogens with one attached hydrogen (secondary N) is 1. The third-order valence-corrected chi connectivity index (χ3v) is 3.10. The van der Waals surface area contributed by atoms with Crippen LogP contribution in [0.15, 0.2) is 48.5 Å². The Morgan fingerprint density at radius 3 is 2.58 bits per heavy atom. The molecule has 2 rings (SSSR count). The predicted molar refractivity (Wildman–Crippen MR) is 78.7 cm³/mol. The molecule has 100 valence electrons. The number of rotatable bonds is 5. The van der Waals surface area contributed by atoms with Crippen LogP contribution in [0.5, 0.6) is 0 Å². The van der Waals surface area contributed by atoms with E-state index in [4.69, 9.17) is 5.73 Å². The summed E-state index contributed by atoms with van der Waals surface area (Å²) in [5.74, 6) is -0.299. The van der Waals surface area contributed by atoms with Gasteiger partial charge in [0.05, 0.1) is 5.69 Å². The summed E-state index contributed by atoms with van der Waals surface area (Å²) in [6, 6.07) is 15.2. The van der Waals surface area contributed by atoms with E-state index in [0.717, 1.165) is 12.8 Å². The van der Waals surface area contributed by atoms with Gasteiger partial charge in [-0.2, -0.15) is 0 Å². The van der Waals surface area contributed by atoms with E-state index in [0.29, 0.717) is 11.4 Å². The first-order valence-electron chi connectivity index (χ1n) is 6.50. The lowest BCUT2D eigenvalue weighted by atomic mass is 10.1. The summed E-state index contributed by atoms with van der Waals surface area (Å²) in [5.41, 5.74) is 7.78. The van der Waals surface area contributed by atoms with Crippen LogP contribution in [-0.4, -0.2) is 6.04 Å². The molecule has 0 aliphatic heterocycles. The molecule has 1 unspecified atom stereocenters. The first-order chi connectivity index (χ1) is 9.15. The Kier molecular flexibility index (Phi) is 4.39. The summed E-state index contributed by atoms with van der Waals surface area (Å²) in [6.07, 6.45) is 1.93. The maximum atomic E-state index is 13.6. The Morgan fingerprint density at radius 1 is 1.16 bits per heavy atom. The molecule has 0 spiro atoms. The van der Waals surface area contributed by atoms with Gasteiger partial charge in [0.1, 0.15) is 5.82 Å². The van der Waals surface area contributed by atoms with E-state index in [9.17, 15) is 4.39 Å². The Bertz CT molecular complexity index is 526. The minimum absolute atomic E-state index is 0.207. The SMILES string of the molecule is CC(CCc1ccccc1)Nc1ccc(N)cc1F. The van der Waals surface area contributed by atoms with Gasteiger partial charge in [0.25, 0.3) is 0 Å². The molecular formula is C16H19FN2. The highest BCUT2D eigenvalue weighted by atomic mass is 19.1. The molecule has 0 aliphatic rings. The van der Waals surface area contributed by atoms with E-state index in [-0.39, 0.29) is 11.9 Å². The molecule has 0 aromatic heterocycles. The zero-order chi connectivity index (χ0) is 13.7. The van der Waals surface area contributed by atoms with Crippen LogP contribution in [0.1, 0.15) is 18.9 Å². The summed E-state index contributed by atoms with van der Waals surface area (Å²) in [5, 5.41) is 3.18. The number of anilines is 2. The molecule has 2 nitrogen and oxygen atoms in total. The van der Waals surface area contributed by atoms with Crippen molar-refractivity contribution in [2.45, 2.75) is 25.8 Å². The number of nitrogens with two attached hydrogens (primary N) is 1. The highest BCUT2D eigenvalue weighted by molar-refractivity contribution is 5.53. The topological polar surface area (TPSA) is 38.0 Å². The van der Waals surface area contributed by atoms with Crippen LogP contribution in [0, 0.1) is 5.82 Å². The molecule has 0 aliphatic carbocycles. The number of halogens is 1. The molecule has 0 fully saturated rings. The molecule has 0 saturated carbocycles. The van der Waals surface area contributed by atoms with Crippen LogP contribution in [0.4, 0.5) is 15.8 Å². The lowest BCUT2D eigenvalue weighted by molar-refractivity contribution is 0.622. The minimum atomic E-state index is -0.299. The fourth-order valence-corrected chi connectivity index (χ4v) is 2.01. The largest absolute Gasteiger partial charge is 0.399 e. The molecule has 19 heavy (non-hydrogen) atoms. The van der Waals surface area contributed by atoms with Crippen molar-refractivity contribution >= 4 is 11.4 Å². The van der Waals surface area contributed by atoms with Gasteiger partial charge < -0.3 is 11.1 Å². The number of benzene rings is 2. The predicted octanol–water partition coefficient (Wildman–Crippen LogP) is 3.84. The van der Waals surface area contributed by atoms with Crippen molar-refractivity contribution in [3.8, 4) is 0 Å². The number of nitrogen functional groups attached to an aromatic ring is 1. The average molecular weight is 258 g/mol. The molecule has 2 aromatic rings. The van der Waals surface area contributed by atoms with Gasteiger partial charge in [0.2, 0.25) is 0 Å². The van der Waals surface area contributed by atoms with Gasteiger partial charge in [-0.3, -0.25) is 0 Å². The van der Waals surface area contributed by atoms with E-state index >= 15 is 0 Å². The molecule has 3 N–H and O–H groups in total. The molecule has 3 heteroatoms. The third-order valence-electron chi connectivity index (χ3n) is 3.10. The lowest BCUT2D eigenvalue weighted by Crippen LogP contribution is -2.17. The summed E-state index contributed by atoms with van der Waals surface area (Å²) in [7, 11) is 0. The van der Waals surface area contributed by atoms with Crippen molar-refractivity contribution in [1.82, 2.24) is 0 Å². The summed E-state index contributed by atoms with van der Waals surface area (Å²) in [4.78, 5) is 0. The van der Waals surface area contributed by atoms with Gasteiger partial charge in [-0.25, -0.2) is 4.39 Å². The van der Waals surface area contributed by atoms with Gasteiger partial charge in [-0.15, -0.1) is 0 Å². The van der Waals surface area contributed by atoms with Crippen molar-refractivity contribution in [3.63, 3.8) is 0 Å². The first kappa shape index (κ1) is 13.4. The number of hydrogen-bond acceptors (Lipinski definition) is 2. The standard InChI is InChI=1S/C16H19FN2/c1-12(7-8-13-5-3-2-4-6-13)19-16-10-9-14(18)11-15(16)17/h2-6,9-12,19H,7-8,18H2,1H3. The monoisotopic (exact) mass is 258 g/mol. The highest BCUT2D eigenvalue weighted by Gasteiger charge is 2.07. The zero-order valence-electron chi connectivity index (χ0n) is 11.1. The van der Waals surface area contributed by atoms with Crippen LogP contribution in [0.3, 0.4) is 0 Å². The van der Waals surface area contributed by atoms with E-state index in [1.54, 1.807) is 12.1 Å². The van der Waals surface area contributed by atoms with E-state index in [1.165, 1.54) is 11.6 Å². The Hall–Kier alpha value is -2.03. The normalized spacial score (nSPS) is 12.1. The molecule has 1 atom stereocenters. The minimum Gasteiger partial charge on any atom is -0.399 e. The van der Waals surface area contributed by atoms with Crippen molar-refractivity contribution in [2.75, 3.05) is 11.1 Å². The molecule has 2 aromatic carbocycles. The summed E-state index contributed by atoms with van der Waals surface area (Å²) < 4.78 is 13.6. The van der Waals surface area contributed by atoms with Gasteiger partial charge >= 0.3 is 0 Å². The molecule has 0 amide bonds. The van der Waals surface area contributed by atoms with E-state index in [2.05, 4.69) is 24.4 Å². The van der Waals surface area contributed by atoms with Crippen LogP contribution in [0.2, 0.25) is 0 Å². The zero-order valence-corrected chi connectivity index (χ0v) is 11.1. The third kappa shape index (κ3) is 3.98. The van der Waals surface area contributed by atoms with Gasteiger partial charge in [-0.1, -0.05) is 30.3 Å². The Balaban J connectivity index is 1.89. The van der Waals surface area contributed by atoms with Gasteiger partial charge in [0.15, 0.2) is 0 Å². The fourth-order valence-electron chi connectivity index (χ4n) is 2.01. The second-order valence-corrected chi connectivity index (χ2v) is 4.81. The Labute approximate surface area is 113 Å². The van der Waals surface area contributed by atoms with E-state index < -0.39 is 0 Å². The molecule has 0 radical (unpaired) electrons. The van der Waals surface area contributed by atoms with Crippen molar-refractivity contribution in [1.29, 1.82) is 0 Å². The molecule has 0 bridgehead atoms. The molecule has 0 heterocycles. The lowest BCUT2D eigenvalue weighted by Gasteiger charge is -2.16. The maximum absolute atomic E-state index is 13.6. The smallest absolute Gasteiger partial charge is 0.148 e. The molecule has 0 saturated heterocycles.